The number of rotatable bonds is 6. The van der Waals surface area contributed by atoms with Crippen molar-refractivity contribution in [1.29, 1.82) is 0 Å². The van der Waals surface area contributed by atoms with Gasteiger partial charge in [0, 0.05) is 24.3 Å². The molecule has 1 aliphatic heterocycles. The molecule has 0 spiro atoms. The second kappa shape index (κ2) is 8.95. The Morgan fingerprint density at radius 1 is 1.15 bits per heavy atom. The number of ether oxygens (including phenoxy) is 1. The van der Waals surface area contributed by atoms with E-state index in [0.29, 0.717) is 28.6 Å². The zero-order valence-corrected chi connectivity index (χ0v) is 15.9. The lowest BCUT2D eigenvalue weighted by molar-refractivity contribution is 0.102. The SMILES string of the molecule is CCCOc1cccc(C(=O)Nc2ccc(N3CCCCC3)c(Cl)c2)c1. The molecule has 0 bridgehead atoms. The van der Waals surface area contributed by atoms with Crippen molar-refractivity contribution < 1.29 is 9.53 Å². The molecule has 0 atom stereocenters. The topological polar surface area (TPSA) is 41.6 Å². The molecule has 5 heteroatoms. The Morgan fingerprint density at radius 3 is 2.69 bits per heavy atom. The smallest absolute Gasteiger partial charge is 0.255 e. The van der Waals surface area contributed by atoms with Crippen molar-refractivity contribution in [2.45, 2.75) is 32.6 Å². The molecule has 3 rings (SSSR count). The van der Waals surface area contributed by atoms with Crippen LogP contribution in [-0.4, -0.2) is 25.6 Å². The monoisotopic (exact) mass is 372 g/mol. The molecular weight excluding hydrogens is 348 g/mol. The third kappa shape index (κ3) is 4.70. The lowest BCUT2D eigenvalue weighted by Crippen LogP contribution is -2.29. The molecule has 0 aliphatic carbocycles. The summed E-state index contributed by atoms with van der Waals surface area (Å²) in [5.74, 6) is 0.534. The summed E-state index contributed by atoms with van der Waals surface area (Å²) in [5.41, 5.74) is 2.30. The molecule has 0 aromatic heterocycles. The molecule has 1 amide bonds. The fraction of sp³-hybridized carbons (Fsp3) is 0.381. The van der Waals surface area contributed by atoms with Gasteiger partial charge in [0.1, 0.15) is 5.75 Å². The summed E-state index contributed by atoms with van der Waals surface area (Å²) >= 11 is 6.46. The average molecular weight is 373 g/mol. The molecular formula is C21H25ClN2O2. The van der Waals surface area contributed by atoms with Crippen LogP contribution in [0.1, 0.15) is 43.0 Å². The van der Waals surface area contributed by atoms with Gasteiger partial charge in [-0.15, -0.1) is 0 Å². The minimum absolute atomic E-state index is 0.172. The predicted molar refractivity (Wildman–Crippen MR) is 108 cm³/mol. The van der Waals surface area contributed by atoms with Gasteiger partial charge in [-0.2, -0.15) is 0 Å². The van der Waals surface area contributed by atoms with Gasteiger partial charge in [0.25, 0.3) is 5.91 Å². The molecule has 1 aliphatic rings. The summed E-state index contributed by atoms with van der Waals surface area (Å²) in [7, 11) is 0. The van der Waals surface area contributed by atoms with Gasteiger partial charge in [-0.05, 0) is 62.1 Å². The van der Waals surface area contributed by atoms with Gasteiger partial charge in [-0.3, -0.25) is 4.79 Å². The minimum atomic E-state index is -0.172. The van der Waals surface area contributed by atoms with E-state index in [-0.39, 0.29) is 5.91 Å². The van der Waals surface area contributed by atoms with Crippen molar-refractivity contribution in [3.05, 3.63) is 53.1 Å². The quantitative estimate of drug-likeness (QED) is 0.740. The maximum absolute atomic E-state index is 12.5. The van der Waals surface area contributed by atoms with Gasteiger partial charge in [0.15, 0.2) is 0 Å². The molecule has 1 saturated heterocycles. The van der Waals surface area contributed by atoms with Gasteiger partial charge in [0.2, 0.25) is 0 Å². The highest BCUT2D eigenvalue weighted by atomic mass is 35.5. The van der Waals surface area contributed by atoms with Crippen LogP contribution in [0.15, 0.2) is 42.5 Å². The summed E-state index contributed by atoms with van der Waals surface area (Å²) in [6.45, 7) is 4.76. The van der Waals surface area contributed by atoms with E-state index in [4.69, 9.17) is 16.3 Å². The maximum atomic E-state index is 12.5. The number of carbonyl (C=O) groups is 1. The fourth-order valence-electron chi connectivity index (χ4n) is 3.13. The number of piperidine rings is 1. The molecule has 26 heavy (non-hydrogen) atoms. The highest BCUT2D eigenvalue weighted by molar-refractivity contribution is 6.33. The molecule has 0 unspecified atom stereocenters. The number of nitrogens with zero attached hydrogens (tertiary/aromatic N) is 1. The first-order valence-corrected chi connectivity index (χ1v) is 9.64. The molecule has 1 heterocycles. The molecule has 0 saturated carbocycles. The van der Waals surface area contributed by atoms with Crippen molar-refractivity contribution in [2.75, 3.05) is 29.9 Å². The standard InChI is InChI=1S/C21H25ClN2O2/c1-2-13-26-18-8-6-7-16(14-18)21(25)23-17-9-10-20(19(22)15-17)24-11-4-3-5-12-24/h6-10,14-15H,2-5,11-13H2,1H3,(H,23,25). The number of carbonyl (C=O) groups excluding carboxylic acids is 1. The molecule has 1 N–H and O–H groups in total. The third-order valence-electron chi connectivity index (χ3n) is 4.47. The highest BCUT2D eigenvalue weighted by Crippen LogP contribution is 2.31. The molecule has 0 radical (unpaired) electrons. The number of hydrogen-bond acceptors (Lipinski definition) is 3. The van der Waals surface area contributed by atoms with E-state index in [1.807, 2.05) is 37.3 Å². The van der Waals surface area contributed by atoms with Crippen molar-refractivity contribution in [1.82, 2.24) is 0 Å². The molecule has 4 nitrogen and oxygen atoms in total. The van der Waals surface area contributed by atoms with E-state index in [1.54, 1.807) is 12.1 Å². The summed E-state index contributed by atoms with van der Waals surface area (Å²) in [5, 5.41) is 3.59. The zero-order valence-electron chi connectivity index (χ0n) is 15.1. The zero-order chi connectivity index (χ0) is 18.4. The highest BCUT2D eigenvalue weighted by Gasteiger charge is 2.15. The van der Waals surface area contributed by atoms with E-state index in [9.17, 15) is 4.79 Å². The molecule has 2 aromatic rings. The van der Waals surface area contributed by atoms with E-state index in [1.165, 1.54) is 19.3 Å². The van der Waals surface area contributed by atoms with Crippen LogP contribution >= 0.6 is 11.6 Å². The predicted octanol–water partition coefficient (Wildman–Crippen LogP) is 5.37. The van der Waals surface area contributed by atoms with Crippen LogP contribution in [-0.2, 0) is 0 Å². The Kier molecular flexibility index (Phi) is 6.40. The summed E-state index contributed by atoms with van der Waals surface area (Å²) < 4.78 is 5.59. The van der Waals surface area contributed by atoms with Crippen molar-refractivity contribution in [3.8, 4) is 5.75 Å². The normalized spacial score (nSPS) is 14.2. The van der Waals surface area contributed by atoms with E-state index < -0.39 is 0 Å². The number of benzene rings is 2. The van der Waals surface area contributed by atoms with E-state index in [2.05, 4.69) is 10.2 Å². The Balaban J connectivity index is 1.68. The largest absolute Gasteiger partial charge is 0.494 e. The van der Waals surface area contributed by atoms with E-state index in [0.717, 1.165) is 25.2 Å². The second-order valence-electron chi connectivity index (χ2n) is 6.54. The minimum Gasteiger partial charge on any atom is -0.494 e. The molecule has 2 aromatic carbocycles. The third-order valence-corrected chi connectivity index (χ3v) is 4.77. The van der Waals surface area contributed by atoms with Gasteiger partial charge in [-0.25, -0.2) is 0 Å². The summed E-state index contributed by atoms with van der Waals surface area (Å²) in [6, 6.07) is 12.9. The average Bonchev–Trinajstić information content (AvgIpc) is 2.67. The first-order valence-electron chi connectivity index (χ1n) is 9.26. The van der Waals surface area contributed by atoms with Crippen LogP contribution in [0.5, 0.6) is 5.75 Å². The molecule has 138 valence electrons. The van der Waals surface area contributed by atoms with Crippen LogP contribution in [0.25, 0.3) is 0 Å². The van der Waals surface area contributed by atoms with Crippen molar-refractivity contribution >= 4 is 28.9 Å². The summed E-state index contributed by atoms with van der Waals surface area (Å²) in [6.07, 6.45) is 4.61. The Morgan fingerprint density at radius 2 is 1.96 bits per heavy atom. The van der Waals surface area contributed by atoms with Gasteiger partial charge in [-0.1, -0.05) is 24.6 Å². The molecule has 1 fully saturated rings. The van der Waals surface area contributed by atoms with Crippen LogP contribution < -0.4 is 15.0 Å². The second-order valence-corrected chi connectivity index (χ2v) is 6.95. The Bertz CT molecular complexity index is 757. The number of nitrogens with one attached hydrogen (secondary N) is 1. The van der Waals surface area contributed by atoms with Crippen LogP contribution in [0, 0.1) is 0 Å². The van der Waals surface area contributed by atoms with Crippen molar-refractivity contribution in [2.24, 2.45) is 0 Å². The summed E-state index contributed by atoms with van der Waals surface area (Å²) in [4.78, 5) is 14.8. The van der Waals surface area contributed by atoms with Gasteiger partial charge >= 0.3 is 0 Å². The number of amides is 1. The lowest BCUT2D eigenvalue weighted by Gasteiger charge is -2.29. The maximum Gasteiger partial charge on any atom is 0.255 e. The number of anilines is 2. The first kappa shape index (κ1) is 18.6. The van der Waals surface area contributed by atoms with Gasteiger partial charge < -0.3 is 15.0 Å². The Labute approximate surface area is 160 Å². The van der Waals surface area contributed by atoms with E-state index >= 15 is 0 Å². The fourth-order valence-corrected chi connectivity index (χ4v) is 3.43. The Hall–Kier alpha value is -2.20. The van der Waals surface area contributed by atoms with Crippen LogP contribution in [0.2, 0.25) is 5.02 Å². The van der Waals surface area contributed by atoms with Crippen molar-refractivity contribution in [3.63, 3.8) is 0 Å². The number of hydrogen-bond donors (Lipinski definition) is 1. The van der Waals surface area contributed by atoms with Crippen LogP contribution in [0.4, 0.5) is 11.4 Å². The number of halogens is 1. The van der Waals surface area contributed by atoms with Crippen LogP contribution in [0.3, 0.4) is 0 Å². The lowest BCUT2D eigenvalue weighted by atomic mass is 10.1. The van der Waals surface area contributed by atoms with Gasteiger partial charge in [0.05, 0.1) is 17.3 Å². The first-order chi connectivity index (χ1) is 12.7.